The maximum Gasteiger partial charge on any atom is 0.225 e. The molecule has 140 valence electrons. The average Bonchev–Trinajstić information content (AvgIpc) is 2.62. The minimum Gasteiger partial charge on any atom is -0.354 e. The smallest absolute Gasteiger partial charge is 0.225 e. The zero-order valence-corrected chi connectivity index (χ0v) is 16.1. The van der Waals surface area contributed by atoms with Gasteiger partial charge >= 0.3 is 0 Å². The molecule has 1 aromatic rings. The summed E-state index contributed by atoms with van der Waals surface area (Å²) in [6.45, 7) is 4.54. The van der Waals surface area contributed by atoms with Crippen LogP contribution in [-0.2, 0) is 9.59 Å². The van der Waals surface area contributed by atoms with Gasteiger partial charge in [0.2, 0.25) is 11.8 Å². The van der Waals surface area contributed by atoms with Crippen molar-refractivity contribution in [3.63, 3.8) is 0 Å². The van der Waals surface area contributed by atoms with E-state index in [1.54, 1.807) is 11.9 Å². The SMILES string of the molecule is CCC(N)(CC)CNC(=O)C1CCC(=O)N(C)C1c1ccccc1.Cl. The van der Waals surface area contributed by atoms with E-state index < -0.39 is 0 Å². The highest BCUT2D eigenvalue weighted by molar-refractivity contribution is 5.85. The van der Waals surface area contributed by atoms with Crippen LogP contribution in [0.25, 0.3) is 0 Å². The molecule has 0 spiro atoms. The predicted octanol–water partition coefficient (Wildman–Crippen LogP) is 2.65. The first-order valence-electron chi connectivity index (χ1n) is 8.79. The number of likely N-dealkylation sites (tertiary alicyclic amines) is 1. The van der Waals surface area contributed by atoms with Gasteiger partial charge in [-0.25, -0.2) is 0 Å². The Morgan fingerprint density at radius 2 is 1.88 bits per heavy atom. The molecule has 0 aliphatic carbocycles. The van der Waals surface area contributed by atoms with Gasteiger partial charge in [-0.2, -0.15) is 0 Å². The number of benzene rings is 1. The van der Waals surface area contributed by atoms with Crippen LogP contribution in [0, 0.1) is 5.92 Å². The number of hydrogen-bond acceptors (Lipinski definition) is 3. The van der Waals surface area contributed by atoms with Gasteiger partial charge in [-0.15, -0.1) is 12.4 Å². The summed E-state index contributed by atoms with van der Waals surface area (Å²) in [5, 5.41) is 3.03. The van der Waals surface area contributed by atoms with Crippen molar-refractivity contribution in [1.29, 1.82) is 0 Å². The third kappa shape index (κ3) is 4.95. The quantitative estimate of drug-likeness (QED) is 0.811. The first-order chi connectivity index (χ1) is 11.4. The maximum absolute atomic E-state index is 12.8. The van der Waals surface area contributed by atoms with Gasteiger partial charge in [-0.1, -0.05) is 44.2 Å². The first kappa shape index (κ1) is 21.5. The molecule has 2 amide bonds. The lowest BCUT2D eigenvalue weighted by atomic mass is 9.83. The van der Waals surface area contributed by atoms with Gasteiger partial charge in [-0.05, 0) is 24.8 Å². The topological polar surface area (TPSA) is 75.4 Å². The molecule has 1 heterocycles. The monoisotopic (exact) mass is 367 g/mol. The van der Waals surface area contributed by atoms with Crippen LogP contribution in [0.5, 0.6) is 0 Å². The van der Waals surface area contributed by atoms with Crippen molar-refractivity contribution in [3.8, 4) is 0 Å². The summed E-state index contributed by atoms with van der Waals surface area (Å²) in [5.74, 6) is -0.170. The van der Waals surface area contributed by atoms with Gasteiger partial charge in [0.1, 0.15) is 0 Å². The van der Waals surface area contributed by atoms with E-state index in [-0.39, 0.29) is 41.7 Å². The molecule has 5 nitrogen and oxygen atoms in total. The van der Waals surface area contributed by atoms with E-state index in [0.29, 0.717) is 19.4 Å². The molecule has 2 atom stereocenters. The first-order valence-corrected chi connectivity index (χ1v) is 8.79. The molecule has 1 aliphatic heterocycles. The van der Waals surface area contributed by atoms with Gasteiger partial charge in [0, 0.05) is 25.6 Å². The third-order valence-electron chi connectivity index (χ3n) is 5.36. The van der Waals surface area contributed by atoms with E-state index in [9.17, 15) is 9.59 Å². The van der Waals surface area contributed by atoms with E-state index in [4.69, 9.17) is 5.73 Å². The van der Waals surface area contributed by atoms with Crippen molar-refractivity contribution < 1.29 is 9.59 Å². The zero-order valence-electron chi connectivity index (χ0n) is 15.3. The summed E-state index contributed by atoms with van der Waals surface area (Å²) in [4.78, 5) is 26.6. The molecule has 2 unspecified atom stereocenters. The van der Waals surface area contributed by atoms with Gasteiger partial charge in [0.15, 0.2) is 0 Å². The van der Waals surface area contributed by atoms with Crippen LogP contribution in [0.1, 0.15) is 51.1 Å². The summed E-state index contributed by atoms with van der Waals surface area (Å²) in [6.07, 6.45) is 2.61. The molecule has 0 saturated carbocycles. The van der Waals surface area contributed by atoms with Gasteiger partial charge in [-0.3, -0.25) is 9.59 Å². The largest absolute Gasteiger partial charge is 0.354 e. The Morgan fingerprint density at radius 3 is 2.44 bits per heavy atom. The second-order valence-corrected chi connectivity index (χ2v) is 6.79. The van der Waals surface area contributed by atoms with Gasteiger partial charge in [0.25, 0.3) is 0 Å². The summed E-state index contributed by atoms with van der Waals surface area (Å²) >= 11 is 0. The van der Waals surface area contributed by atoms with Crippen LogP contribution in [0.3, 0.4) is 0 Å². The molecule has 3 N–H and O–H groups in total. The molecule has 1 fully saturated rings. The molecule has 1 aromatic carbocycles. The molecule has 0 radical (unpaired) electrons. The lowest BCUT2D eigenvalue weighted by Gasteiger charge is -2.39. The van der Waals surface area contributed by atoms with Crippen LogP contribution >= 0.6 is 12.4 Å². The van der Waals surface area contributed by atoms with Crippen LogP contribution in [0.15, 0.2) is 30.3 Å². The molecule has 6 heteroatoms. The standard InChI is InChI=1S/C19H29N3O2.ClH/c1-4-19(20,5-2)13-21-18(24)15-11-12-16(23)22(3)17(15)14-9-7-6-8-10-14;/h6-10,15,17H,4-5,11-13,20H2,1-3H3,(H,21,24);1H. The fraction of sp³-hybridized carbons (Fsp3) is 0.579. The Kier molecular flexibility index (Phi) is 7.90. The normalized spacial score (nSPS) is 20.8. The Balaban J connectivity index is 0.00000312. The number of nitrogens with one attached hydrogen (secondary N) is 1. The molecule has 25 heavy (non-hydrogen) atoms. The lowest BCUT2D eigenvalue weighted by Crippen LogP contribution is -2.52. The Labute approximate surface area is 156 Å². The fourth-order valence-corrected chi connectivity index (χ4v) is 3.31. The van der Waals surface area contributed by atoms with Crippen molar-refractivity contribution in [2.24, 2.45) is 11.7 Å². The van der Waals surface area contributed by atoms with E-state index in [1.165, 1.54) is 0 Å². The van der Waals surface area contributed by atoms with Crippen molar-refractivity contribution >= 4 is 24.2 Å². The zero-order chi connectivity index (χ0) is 17.7. The van der Waals surface area contributed by atoms with Crippen LogP contribution in [-0.4, -0.2) is 35.8 Å². The summed E-state index contributed by atoms with van der Waals surface area (Å²) in [5.41, 5.74) is 6.92. The number of nitrogens with zero attached hydrogens (tertiary/aromatic N) is 1. The number of halogens is 1. The Morgan fingerprint density at radius 1 is 1.28 bits per heavy atom. The number of carbonyl (C=O) groups excluding carboxylic acids is 2. The number of carbonyl (C=O) groups is 2. The van der Waals surface area contributed by atoms with E-state index in [1.807, 2.05) is 44.2 Å². The molecule has 2 rings (SSSR count). The fourth-order valence-electron chi connectivity index (χ4n) is 3.31. The lowest BCUT2D eigenvalue weighted by molar-refractivity contribution is -0.141. The van der Waals surface area contributed by atoms with Crippen molar-refractivity contribution in [2.45, 2.75) is 51.1 Å². The van der Waals surface area contributed by atoms with Crippen molar-refractivity contribution in [1.82, 2.24) is 10.2 Å². The van der Waals surface area contributed by atoms with Crippen LogP contribution < -0.4 is 11.1 Å². The summed E-state index contributed by atoms with van der Waals surface area (Å²) in [7, 11) is 1.78. The molecule has 0 bridgehead atoms. The highest BCUT2D eigenvalue weighted by Gasteiger charge is 2.39. The maximum atomic E-state index is 12.8. The Bertz CT molecular complexity index is 575. The summed E-state index contributed by atoms with van der Waals surface area (Å²) < 4.78 is 0. The average molecular weight is 368 g/mol. The Hall–Kier alpha value is -1.59. The molecule has 1 saturated heterocycles. The van der Waals surface area contributed by atoms with Crippen LogP contribution in [0.2, 0.25) is 0 Å². The van der Waals surface area contributed by atoms with E-state index in [2.05, 4.69) is 5.32 Å². The van der Waals surface area contributed by atoms with Crippen LogP contribution in [0.4, 0.5) is 0 Å². The highest BCUT2D eigenvalue weighted by atomic mass is 35.5. The predicted molar refractivity (Wildman–Crippen MR) is 102 cm³/mol. The molecule has 0 aromatic heterocycles. The third-order valence-corrected chi connectivity index (χ3v) is 5.36. The van der Waals surface area contributed by atoms with Gasteiger partial charge in [0.05, 0.1) is 12.0 Å². The van der Waals surface area contributed by atoms with Crippen molar-refractivity contribution in [2.75, 3.05) is 13.6 Å². The molecule has 1 aliphatic rings. The minimum atomic E-state index is -0.367. The minimum absolute atomic E-state index is 0. The number of rotatable bonds is 6. The molecular weight excluding hydrogens is 338 g/mol. The number of amides is 2. The number of nitrogens with two attached hydrogens (primary N) is 1. The number of hydrogen-bond donors (Lipinski definition) is 2. The van der Waals surface area contributed by atoms with Crippen molar-refractivity contribution in [3.05, 3.63) is 35.9 Å². The van der Waals surface area contributed by atoms with E-state index >= 15 is 0 Å². The number of piperidine rings is 1. The van der Waals surface area contributed by atoms with E-state index in [0.717, 1.165) is 18.4 Å². The second-order valence-electron chi connectivity index (χ2n) is 6.79. The highest BCUT2D eigenvalue weighted by Crippen LogP contribution is 2.35. The van der Waals surface area contributed by atoms with Gasteiger partial charge < -0.3 is 16.0 Å². The summed E-state index contributed by atoms with van der Waals surface area (Å²) in [6, 6.07) is 9.56. The molecular formula is C19H30ClN3O2. The second kappa shape index (κ2) is 9.20.